The van der Waals surface area contributed by atoms with Crippen molar-refractivity contribution < 1.29 is 4.74 Å². The van der Waals surface area contributed by atoms with E-state index in [1.807, 2.05) is 26.0 Å². The van der Waals surface area contributed by atoms with Crippen LogP contribution < -0.4 is 4.74 Å². The molecule has 0 saturated carbocycles. The van der Waals surface area contributed by atoms with Crippen LogP contribution in [0, 0.1) is 20.0 Å². The maximum atomic E-state index is 5.61. The van der Waals surface area contributed by atoms with Crippen molar-refractivity contribution in [1.29, 1.82) is 0 Å². The maximum absolute atomic E-state index is 5.61. The van der Waals surface area contributed by atoms with E-state index < -0.39 is 0 Å². The van der Waals surface area contributed by atoms with Gasteiger partial charge in [-0.1, -0.05) is 23.5 Å². The number of benzene rings is 1. The number of thiazole rings is 1. The van der Waals surface area contributed by atoms with Gasteiger partial charge >= 0.3 is 0 Å². The normalized spacial score (nSPS) is 10.1. The van der Waals surface area contributed by atoms with Gasteiger partial charge in [-0.05, 0) is 31.0 Å². The Morgan fingerprint density at radius 1 is 1.36 bits per heavy atom. The van der Waals surface area contributed by atoms with Crippen LogP contribution in [0.1, 0.15) is 11.1 Å². The average Bonchev–Trinajstić information content (AvgIpc) is 2.64. The minimum absolute atomic E-state index is 0.638. The number of aryl methyl sites for hydroxylation is 2. The molecule has 2 aromatic rings. The highest BCUT2D eigenvalue weighted by Crippen LogP contribution is 2.26. The largest absolute Gasteiger partial charge is 0.431 e. The van der Waals surface area contributed by atoms with Gasteiger partial charge in [0.2, 0.25) is 0 Å². The van der Waals surface area contributed by atoms with Crippen molar-refractivity contribution >= 4 is 11.3 Å². The summed E-state index contributed by atoms with van der Waals surface area (Å²) in [6, 6.07) is 6.12. The zero-order valence-electron chi connectivity index (χ0n) is 8.07. The fourth-order valence-corrected chi connectivity index (χ4v) is 1.59. The number of nitrogens with zero attached hydrogens (tertiary/aromatic N) is 1. The SMILES string of the molecule is Cc1ccc(C)c(Oc2n[c]cs2)c1. The van der Waals surface area contributed by atoms with Crippen molar-refractivity contribution in [1.82, 2.24) is 4.98 Å². The molecule has 0 aliphatic rings. The third-order valence-electron chi connectivity index (χ3n) is 1.91. The number of aromatic nitrogens is 1. The van der Waals surface area contributed by atoms with Crippen LogP contribution in [0.5, 0.6) is 10.9 Å². The summed E-state index contributed by atoms with van der Waals surface area (Å²) in [5.41, 5.74) is 2.30. The highest BCUT2D eigenvalue weighted by atomic mass is 32.1. The third-order valence-corrected chi connectivity index (χ3v) is 2.51. The molecular formula is C11H10NOS. The van der Waals surface area contributed by atoms with Crippen molar-refractivity contribution in [2.45, 2.75) is 13.8 Å². The van der Waals surface area contributed by atoms with Crippen molar-refractivity contribution in [3.05, 3.63) is 40.9 Å². The number of rotatable bonds is 2. The van der Waals surface area contributed by atoms with Crippen molar-refractivity contribution in [3.8, 4) is 10.9 Å². The maximum Gasteiger partial charge on any atom is 0.279 e. The minimum atomic E-state index is 0.638. The van der Waals surface area contributed by atoms with Gasteiger partial charge in [-0.2, -0.15) is 0 Å². The lowest BCUT2D eigenvalue weighted by Crippen LogP contribution is -1.87. The second kappa shape index (κ2) is 3.80. The first-order valence-electron chi connectivity index (χ1n) is 4.32. The molecule has 0 aliphatic carbocycles. The topological polar surface area (TPSA) is 22.1 Å². The summed E-state index contributed by atoms with van der Waals surface area (Å²) in [5.74, 6) is 0.869. The molecule has 1 heterocycles. The van der Waals surface area contributed by atoms with E-state index in [9.17, 15) is 0 Å². The summed E-state index contributed by atoms with van der Waals surface area (Å²) in [7, 11) is 0. The smallest absolute Gasteiger partial charge is 0.279 e. The Labute approximate surface area is 87.2 Å². The van der Waals surface area contributed by atoms with E-state index >= 15 is 0 Å². The van der Waals surface area contributed by atoms with E-state index in [0.717, 1.165) is 11.3 Å². The zero-order chi connectivity index (χ0) is 9.97. The van der Waals surface area contributed by atoms with Crippen LogP contribution in [0.4, 0.5) is 0 Å². The summed E-state index contributed by atoms with van der Waals surface area (Å²) in [6.45, 7) is 4.06. The fourth-order valence-electron chi connectivity index (χ4n) is 1.14. The standard InChI is InChI=1S/C11H10NOS/c1-8-3-4-9(2)10(7-8)13-11-12-5-6-14-11/h3-4,6-7H,1-2H3. The monoisotopic (exact) mass is 204 g/mol. The van der Waals surface area contributed by atoms with Gasteiger partial charge in [0.1, 0.15) is 11.9 Å². The van der Waals surface area contributed by atoms with Crippen molar-refractivity contribution in [2.24, 2.45) is 0 Å². The molecule has 0 unspecified atom stereocenters. The van der Waals surface area contributed by atoms with Gasteiger partial charge in [0.15, 0.2) is 0 Å². The Hall–Kier alpha value is -1.35. The van der Waals surface area contributed by atoms with E-state index in [2.05, 4.69) is 17.2 Å². The van der Waals surface area contributed by atoms with Crippen molar-refractivity contribution in [3.63, 3.8) is 0 Å². The lowest BCUT2D eigenvalue weighted by Gasteiger charge is -2.05. The molecule has 1 aromatic heterocycles. The first-order valence-corrected chi connectivity index (χ1v) is 5.20. The first kappa shape index (κ1) is 9.21. The van der Waals surface area contributed by atoms with Gasteiger partial charge in [-0.15, -0.1) is 0 Å². The van der Waals surface area contributed by atoms with E-state index in [1.165, 1.54) is 16.9 Å². The second-order valence-electron chi connectivity index (χ2n) is 3.11. The third kappa shape index (κ3) is 1.93. The predicted molar refractivity (Wildman–Crippen MR) is 56.9 cm³/mol. The number of hydrogen-bond donors (Lipinski definition) is 0. The summed E-state index contributed by atoms with van der Waals surface area (Å²) in [5, 5.41) is 2.42. The molecule has 0 amide bonds. The number of hydrogen-bond acceptors (Lipinski definition) is 3. The minimum Gasteiger partial charge on any atom is -0.431 e. The van der Waals surface area contributed by atoms with Crippen LogP contribution in [0.2, 0.25) is 0 Å². The van der Waals surface area contributed by atoms with E-state index in [1.54, 1.807) is 5.38 Å². The molecule has 1 aromatic carbocycles. The lowest BCUT2D eigenvalue weighted by molar-refractivity contribution is 0.474. The molecule has 0 aliphatic heterocycles. The van der Waals surface area contributed by atoms with Crippen LogP contribution >= 0.6 is 11.3 Å². The summed E-state index contributed by atoms with van der Waals surface area (Å²) < 4.78 is 5.61. The van der Waals surface area contributed by atoms with Crippen molar-refractivity contribution in [2.75, 3.05) is 0 Å². The highest BCUT2D eigenvalue weighted by molar-refractivity contribution is 7.11. The van der Waals surface area contributed by atoms with E-state index in [-0.39, 0.29) is 0 Å². The van der Waals surface area contributed by atoms with Crippen LogP contribution in [-0.2, 0) is 0 Å². The molecular weight excluding hydrogens is 194 g/mol. The lowest BCUT2D eigenvalue weighted by atomic mass is 10.1. The van der Waals surface area contributed by atoms with Gasteiger partial charge in [0, 0.05) is 5.38 Å². The predicted octanol–water partition coefficient (Wildman–Crippen LogP) is 3.35. The Morgan fingerprint density at radius 3 is 2.93 bits per heavy atom. The summed E-state index contributed by atoms with van der Waals surface area (Å²) in [6.07, 6.45) is 2.73. The quantitative estimate of drug-likeness (QED) is 0.748. The molecule has 0 bridgehead atoms. The van der Waals surface area contributed by atoms with Crippen LogP contribution in [0.15, 0.2) is 23.6 Å². The molecule has 0 fully saturated rings. The second-order valence-corrected chi connectivity index (χ2v) is 3.93. The molecule has 2 nitrogen and oxygen atoms in total. The molecule has 0 saturated heterocycles. The molecule has 2 rings (SSSR count). The van der Waals surface area contributed by atoms with Gasteiger partial charge in [-0.3, -0.25) is 0 Å². The van der Waals surface area contributed by atoms with Gasteiger partial charge < -0.3 is 4.74 Å². The Kier molecular flexibility index (Phi) is 2.50. The Morgan fingerprint density at radius 2 is 2.21 bits per heavy atom. The molecule has 0 N–H and O–H groups in total. The molecule has 71 valence electrons. The van der Waals surface area contributed by atoms with Gasteiger partial charge in [0.05, 0.1) is 0 Å². The summed E-state index contributed by atoms with van der Waals surface area (Å²) in [4.78, 5) is 3.95. The van der Waals surface area contributed by atoms with Gasteiger partial charge in [0.25, 0.3) is 5.19 Å². The molecule has 0 atom stereocenters. The first-order chi connectivity index (χ1) is 6.75. The molecule has 3 heteroatoms. The molecule has 14 heavy (non-hydrogen) atoms. The number of ether oxygens (including phenoxy) is 1. The van der Waals surface area contributed by atoms with E-state index in [0.29, 0.717) is 5.19 Å². The van der Waals surface area contributed by atoms with Crippen LogP contribution in [-0.4, -0.2) is 4.98 Å². The molecule has 1 radical (unpaired) electrons. The van der Waals surface area contributed by atoms with Crippen LogP contribution in [0.25, 0.3) is 0 Å². The Bertz CT molecular complexity index is 423. The van der Waals surface area contributed by atoms with Gasteiger partial charge in [-0.25, -0.2) is 4.98 Å². The zero-order valence-corrected chi connectivity index (χ0v) is 8.89. The molecule has 0 spiro atoms. The fraction of sp³-hybridized carbons (Fsp3) is 0.182. The average molecular weight is 204 g/mol. The Balaban J connectivity index is 2.28. The van der Waals surface area contributed by atoms with E-state index in [4.69, 9.17) is 4.74 Å². The van der Waals surface area contributed by atoms with Crippen LogP contribution in [0.3, 0.4) is 0 Å². The highest BCUT2D eigenvalue weighted by Gasteiger charge is 2.02. The summed E-state index contributed by atoms with van der Waals surface area (Å²) >= 11 is 1.44.